The Labute approximate surface area is 223 Å². The fraction of sp³-hybridized carbons (Fsp3) is 0.115. The zero-order valence-corrected chi connectivity index (χ0v) is 21.3. The number of carboxylic acids is 1. The molecule has 5 N–H and O–H groups in total. The lowest BCUT2D eigenvalue weighted by Crippen LogP contribution is -2.30. The molecular weight excluding hydrogens is 510 g/mol. The Morgan fingerprint density at radius 2 is 1.70 bits per heavy atom. The van der Waals surface area contributed by atoms with Crippen molar-refractivity contribution < 1.29 is 19.8 Å². The number of benzene rings is 3. The van der Waals surface area contributed by atoms with Crippen LogP contribution in [0.4, 0.5) is 11.4 Å². The first-order valence-corrected chi connectivity index (χ1v) is 12.0. The summed E-state index contributed by atoms with van der Waals surface area (Å²) in [6, 6.07) is 22.2. The molecule has 1 aromatic heterocycles. The minimum Gasteiger partial charge on any atom is -0.508 e. The molecule has 0 unspecified atom stereocenters. The largest absolute Gasteiger partial charge is 0.508 e. The van der Waals surface area contributed by atoms with Crippen LogP contribution in [0.3, 0.4) is 0 Å². The number of aliphatic hydroxyl groups excluding tert-OH is 1. The maximum absolute atomic E-state index is 11.6. The van der Waals surface area contributed by atoms with E-state index in [0.717, 1.165) is 16.8 Å². The van der Waals surface area contributed by atoms with Gasteiger partial charge in [0.25, 0.3) is 0 Å². The summed E-state index contributed by atoms with van der Waals surface area (Å²) >= 11 is 10.5. The van der Waals surface area contributed by atoms with Crippen LogP contribution >= 0.6 is 24.4 Å². The van der Waals surface area contributed by atoms with E-state index in [9.17, 15) is 15.0 Å². The van der Waals surface area contributed by atoms with Crippen molar-refractivity contribution >= 4 is 47.5 Å². The van der Waals surface area contributed by atoms with Crippen molar-refractivity contribution in [1.29, 1.82) is 0 Å². The molecule has 0 fully saturated rings. The number of anilines is 2. The standard InChI is InChI=1S/C26H25N5O4S2/c1-17(32)22-11-10-19(12-23(22)30(15-24(33)34)14-18-6-3-2-4-7-18)16-35-29-20-8-5-9-21(13-20)31-25(36)27-28-26(31)37/h2-13,29,32H,1,14-16H2,(H,27,36)(H,28,37)(H,33,34). The number of aliphatic carboxylic acids is 1. The second-order valence-corrected chi connectivity index (χ2v) is 8.94. The molecule has 0 aliphatic carbocycles. The van der Waals surface area contributed by atoms with Crippen molar-refractivity contribution in [2.24, 2.45) is 0 Å². The first-order valence-electron chi connectivity index (χ1n) is 11.2. The molecule has 1 heterocycles. The molecule has 0 aliphatic rings. The minimum absolute atomic E-state index is 0.150. The molecule has 4 rings (SSSR count). The summed E-state index contributed by atoms with van der Waals surface area (Å²) in [7, 11) is 0. The fourth-order valence-corrected chi connectivity index (χ4v) is 4.38. The molecule has 0 bridgehead atoms. The van der Waals surface area contributed by atoms with E-state index >= 15 is 0 Å². The van der Waals surface area contributed by atoms with Crippen molar-refractivity contribution in [2.45, 2.75) is 13.2 Å². The highest BCUT2D eigenvalue weighted by atomic mass is 32.1. The predicted octanol–water partition coefficient (Wildman–Crippen LogP) is 5.76. The second kappa shape index (κ2) is 11.7. The van der Waals surface area contributed by atoms with E-state index in [1.807, 2.05) is 54.6 Å². The summed E-state index contributed by atoms with van der Waals surface area (Å²) in [6.07, 6.45) is 0. The van der Waals surface area contributed by atoms with Crippen LogP contribution in [-0.4, -0.2) is 37.5 Å². The number of aromatic nitrogens is 3. The maximum Gasteiger partial charge on any atom is 0.323 e. The highest BCUT2D eigenvalue weighted by Crippen LogP contribution is 2.29. The third-order valence-corrected chi connectivity index (χ3v) is 6.04. The van der Waals surface area contributed by atoms with Crippen LogP contribution in [-0.2, 0) is 22.8 Å². The van der Waals surface area contributed by atoms with E-state index in [1.54, 1.807) is 27.7 Å². The molecule has 0 saturated carbocycles. The summed E-state index contributed by atoms with van der Waals surface area (Å²) in [5, 5.41) is 25.3. The highest BCUT2D eigenvalue weighted by molar-refractivity contribution is 7.72. The van der Waals surface area contributed by atoms with Crippen LogP contribution in [0.25, 0.3) is 11.4 Å². The van der Waals surface area contributed by atoms with Gasteiger partial charge in [-0.15, -0.1) is 0 Å². The Bertz CT molecular complexity index is 1500. The van der Waals surface area contributed by atoms with Gasteiger partial charge in [0.2, 0.25) is 0 Å². The lowest BCUT2D eigenvalue weighted by Gasteiger charge is -2.26. The molecule has 0 spiro atoms. The van der Waals surface area contributed by atoms with Crippen LogP contribution in [0, 0.1) is 9.54 Å². The van der Waals surface area contributed by atoms with Crippen molar-refractivity contribution in [3.05, 3.63) is 106 Å². The molecule has 11 heteroatoms. The molecule has 9 nitrogen and oxygen atoms in total. The molecular formula is C26H25N5O4S2. The Balaban J connectivity index is 1.53. The molecule has 4 aromatic rings. The van der Waals surface area contributed by atoms with Gasteiger partial charge in [0.05, 0.1) is 18.0 Å². The molecule has 190 valence electrons. The first-order chi connectivity index (χ1) is 17.8. The maximum atomic E-state index is 11.6. The van der Waals surface area contributed by atoms with Crippen molar-refractivity contribution in [1.82, 2.24) is 14.8 Å². The van der Waals surface area contributed by atoms with E-state index in [4.69, 9.17) is 29.3 Å². The van der Waals surface area contributed by atoms with Crippen molar-refractivity contribution in [3.8, 4) is 5.69 Å². The van der Waals surface area contributed by atoms with Crippen LogP contribution in [0.2, 0.25) is 0 Å². The number of carboxylic acid groups (broad SMARTS) is 1. The topological polar surface area (TPSA) is 119 Å². The Morgan fingerprint density at radius 3 is 2.38 bits per heavy atom. The van der Waals surface area contributed by atoms with E-state index in [1.165, 1.54) is 0 Å². The van der Waals surface area contributed by atoms with Gasteiger partial charge in [-0.25, -0.2) is 0 Å². The number of carbonyl (C=O) groups is 1. The van der Waals surface area contributed by atoms with E-state index in [-0.39, 0.29) is 18.9 Å². The molecule has 0 aliphatic heterocycles. The van der Waals surface area contributed by atoms with Gasteiger partial charge in [0, 0.05) is 17.8 Å². The summed E-state index contributed by atoms with van der Waals surface area (Å²) < 4.78 is 2.58. The number of aromatic amines is 2. The van der Waals surface area contributed by atoms with Gasteiger partial charge in [-0.05, 0) is 65.9 Å². The van der Waals surface area contributed by atoms with Gasteiger partial charge in [-0.3, -0.25) is 29.9 Å². The van der Waals surface area contributed by atoms with Crippen molar-refractivity contribution in [3.63, 3.8) is 0 Å². The molecule has 0 saturated heterocycles. The number of rotatable bonds is 11. The number of hydrogen-bond donors (Lipinski definition) is 5. The number of H-pyrrole nitrogens is 2. The van der Waals surface area contributed by atoms with Gasteiger partial charge in [-0.2, -0.15) is 0 Å². The molecule has 0 atom stereocenters. The first kappa shape index (κ1) is 25.9. The lowest BCUT2D eigenvalue weighted by molar-refractivity contribution is -0.135. The van der Waals surface area contributed by atoms with Gasteiger partial charge in [0.15, 0.2) is 9.54 Å². The van der Waals surface area contributed by atoms with Crippen molar-refractivity contribution in [2.75, 3.05) is 16.9 Å². The van der Waals surface area contributed by atoms with Crippen LogP contribution in [0.5, 0.6) is 0 Å². The lowest BCUT2D eigenvalue weighted by atomic mass is 10.1. The summed E-state index contributed by atoms with van der Waals surface area (Å²) in [5.74, 6) is -1.14. The number of aliphatic hydroxyl groups is 1. The predicted molar refractivity (Wildman–Crippen MR) is 148 cm³/mol. The zero-order valence-electron chi connectivity index (χ0n) is 19.7. The summed E-state index contributed by atoms with van der Waals surface area (Å²) in [5.41, 5.74) is 7.05. The minimum atomic E-state index is -0.990. The average molecular weight is 536 g/mol. The van der Waals surface area contributed by atoms with Crippen LogP contribution in [0.1, 0.15) is 16.7 Å². The van der Waals surface area contributed by atoms with Gasteiger partial charge in [-0.1, -0.05) is 49.0 Å². The Kier molecular flexibility index (Phi) is 8.18. The molecule has 0 radical (unpaired) electrons. The van der Waals surface area contributed by atoms with Crippen LogP contribution in [0.15, 0.2) is 79.4 Å². The molecule has 3 aromatic carbocycles. The normalized spacial score (nSPS) is 10.7. The van der Waals surface area contributed by atoms with Gasteiger partial charge in [0.1, 0.15) is 12.3 Å². The highest BCUT2D eigenvalue weighted by Gasteiger charge is 2.17. The van der Waals surface area contributed by atoms with E-state index < -0.39 is 5.97 Å². The average Bonchev–Trinajstić information content (AvgIpc) is 3.21. The van der Waals surface area contributed by atoms with E-state index in [0.29, 0.717) is 33.0 Å². The SMILES string of the molecule is C=C(O)c1ccc(CONc2cccc(-n3c(=S)[nH][nH]c3=S)c2)cc1N(CC(=O)O)Cc1ccccc1. The smallest absolute Gasteiger partial charge is 0.323 e. The zero-order chi connectivity index (χ0) is 26.4. The molecule has 0 amide bonds. The Morgan fingerprint density at radius 1 is 0.973 bits per heavy atom. The summed E-state index contributed by atoms with van der Waals surface area (Å²) in [4.78, 5) is 19.0. The number of nitrogens with zero attached hydrogens (tertiary/aromatic N) is 2. The van der Waals surface area contributed by atoms with Gasteiger partial charge < -0.3 is 15.1 Å². The van der Waals surface area contributed by atoms with E-state index in [2.05, 4.69) is 22.3 Å². The third kappa shape index (κ3) is 6.53. The quantitative estimate of drug-likeness (QED) is 0.0935. The van der Waals surface area contributed by atoms with Crippen LogP contribution < -0.4 is 10.4 Å². The van der Waals surface area contributed by atoms with Gasteiger partial charge >= 0.3 is 5.97 Å². The third-order valence-electron chi connectivity index (χ3n) is 5.47. The molecule has 37 heavy (non-hydrogen) atoms. The number of nitrogens with one attached hydrogen (secondary N) is 3. The number of hydrogen-bond acceptors (Lipinski definition) is 7. The second-order valence-electron chi connectivity index (χ2n) is 8.17. The monoisotopic (exact) mass is 535 g/mol. The fourth-order valence-electron chi connectivity index (χ4n) is 3.82. The Hall–Kier alpha value is -4.19. The summed E-state index contributed by atoms with van der Waals surface area (Å²) in [6.45, 7) is 3.90.